The van der Waals surface area contributed by atoms with E-state index in [9.17, 15) is 25.0 Å². The van der Waals surface area contributed by atoms with Gasteiger partial charge in [-0.1, -0.05) is 12.1 Å². The zero-order valence-electron chi connectivity index (χ0n) is 12.2. The predicted octanol–water partition coefficient (Wildman–Crippen LogP) is 3.53. The maximum absolute atomic E-state index is 12.2. The van der Waals surface area contributed by atoms with Crippen LogP contribution in [0.1, 0.15) is 10.4 Å². The number of hydrogen-bond donors (Lipinski definition) is 1. The highest BCUT2D eigenvalue weighted by atomic mass is 79.9. The summed E-state index contributed by atoms with van der Waals surface area (Å²) in [5.41, 5.74) is -1.04. The van der Waals surface area contributed by atoms with Gasteiger partial charge in [-0.25, -0.2) is 0 Å². The van der Waals surface area contributed by atoms with Crippen molar-refractivity contribution in [3.63, 3.8) is 0 Å². The van der Waals surface area contributed by atoms with Gasteiger partial charge in [-0.05, 0) is 28.1 Å². The van der Waals surface area contributed by atoms with Crippen LogP contribution in [0, 0.1) is 20.2 Å². The summed E-state index contributed by atoms with van der Waals surface area (Å²) in [7, 11) is 1.09. The molecule has 2 aromatic carbocycles. The standard InChI is InChI=1S/C14H10BrN3O6/c1-24-13-11(17(20)21)6-8(7-12(13)18(22)23)16-14(19)9-4-2-3-5-10(9)15/h2-7H,1H3,(H,16,19). The van der Waals surface area contributed by atoms with Crippen LogP contribution in [0.2, 0.25) is 0 Å². The minimum atomic E-state index is -0.820. The van der Waals surface area contributed by atoms with E-state index in [2.05, 4.69) is 21.2 Å². The number of carbonyl (C=O) groups is 1. The summed E-state index contributed by atoms with van der Waals surface area (Å²) >= 11 is 3.21. The second kappa shape index (κ2) is 7.04. The van der Waals surface area contributed by atoms with Crippen LogP contribution < -0.4 is 10.1 Å². The van der Waals surface area contributed by atoms with Crippen molar-refractivity contribution >= 4 is 38.9 Å². The Balaban J connectivity index is 2.48. The van der Waals surface area contributed by atoms with Gasteiger partial charge in [0.05, 0.1) is 28.2 Å². The van der Waals surface area contributed by atoms with Crippen LogP contribution in [-0.4, -0.2) is 22.9 Å². The molecule has 2 rings (SSSR count). The Labute approximate surface area is 143 Å². The van der Waals surface area contributed by atoms with E-state index in [1.807, 2.05) is 0 Å². The Morgan fingerprint density at radius 3 is 2.12 bits per heavy atom. The average Bonchev–Trinajstić information content (AvgIpc) is 2.54. The number of anilines is 1. The Bertz CT molecular complexity index is 804. The van der Waals surface area contributed by atoms with E-state index in [1.165, 1.54) is 6.07 Å². The molecule has 0 aliphatic heterocycles. The van der Waals surface area contributed by atoms with Crippen LogP contribution in [0.15, 0.2) is 40.9 Å². The lowest BCUT2D eigenvalue weighted by molar-refractivity contribution is -0.395. The number of nitro benzene ring substituents is 2. The molecule has 0 unspecified atom stereocenters. The second-order valence-corrected chi connectivity index (χ2v) is 5.35. The molecule has 0 aromatic heterocycles. The van der Waals surface area contributed by atoms with Crippen molar-refractivity contribution in [2.75, 3.05) is 12.4 Å². The molecule has 1 N–H and O–H groups in total. The lowest BCUT2D eigenvalue weighted by Crippen LogP contribution is -2.13. The number of nitrogens with one attached hydrogen (secondary N) is 1. The summed E-state index contributed by atoms with van der Waals surface area (Å²) in [6, 6.07) is 8.53. The van der Waals surface area contributed by atoms with E-state index in [0.717, 1.165) is 19.2 Å². The molecule has 0 heterocycles. The van der Waals surface area contributed by atoms with Gasteiger partial charge < -0.3 is 10.1 Å². The predicted molar refractivity (Wildman–Crippen MR) is 88.4 cm³/mol. The van der Waals surface area contributed by atoms with Crippen LogP contribution >= 0.6 is 15.9 Å². The SMILES string of the molecule is COc1c([N+](=O)[O-])cc(NC(=O)c2ccccc2Br)cc1[N+](=O)[O-]. The quantitative estimate of drug-likeness (QED) is 0.609. The Hall–Kier alpha value is -3.01. The van der Waals surface area contributed by atoms with Gasteiger partial charge in [0.1, 0.15) is 0 Å². The number of ether oxygens (including phenoxy) is 1. The summed E-state index contributed by atoms with van der Waals surface area (Å²) in [5, 5.41) is 24.6. The number of rotatable bonds is 5. The van der Waals surface area contributed by atoms with E-state index in [4.69, 9.17) is 4.74 Å². The van der Waals surface area contributed by atoms with Gasteiger partial charge in [-0.2, -0.15) is 0 Å². The third kappa shape index (κ3) is 3.49. The number of methoxy groups -OCH3 is 1. The summed E-state index contributed by atoms with van der Waals surface area (Å²) in [6.45, 7) is 0. The van der Waals surface area contributed by atoms with Gasteiger partial charge in [-0.3, -0.25) is 25.0 Å². The van der Waals surface area contributed by atoms with Crippen LogP contribution in [-0.2, 0) is 0 Å². The Morgan fingerprint density at radius 2 is 1.67 bits per heavy atom. The molecule has 0 bridgehead atoms. The van der Waals surface area contributed by atoms with Crippen molar-refractivity contribution in [1.29, 1.82) is 0 Å². The number of benzene rings is 2. The van der Waals surface area contributed by atoms with Crippen molar-refractivity contribution < 1.29 is 19.4 Å². The maximum Gasteiger partial charge on any atom is 0.320 e. The molecule has 10 heteroatoms. The fraction of sp³-hybridized carbons (Fsp3) is 0.0714. The zero-order chi connectivity index (χ0) is 17.9. The fourth-order valence-electron chi connectivity index (χ4n) is 1.99. The van der Waals surface area contributed by atoms with Gasteiger partial charge in [0.25, 0.3) is 11.7 Å². The van der Waals surface area contributed by atoms with Crippen LogP contribution in [0.5, 0.6) is 5.75 Å². The topological polar surface area (TPSA) is 125 Å². The highest BCUT2D eigenvalue weighted by Crippen LogP contribution is 2.39. The van der Waals surface area contributed by atoms with E-state index in [1.54, 1.807) is 18.2 Å². The molecule has 0 spiro atoms. The molecule has 24 heavy (non-hydrogen) atoms. The van der Waals surface area contributed by atoms with Crippen LogP contribution in [0.4, 0.5) is 17.1 Å². The van der Waals surface area contributed by atoms with Crippen LogP contribution in [0.25, 0.3) is 0 Å². The van der Waals surface area contributed by atoms with Gasteiger partial charge in [0, 0.05) is 16.6 Å². The van der Waals surface area contributed by atoms with Gasteiger partial charge in [0.2, 0.25) is 0 Å². The summed E-state index contributed by atoms with van der Waals surface area (Å²) in [6.07, 6.45) is 0. The first kappa shape index (κ1) is 17.3. The third-order valence-electron chi connectivity index (χ3n) is 3.02. The first-order chi connectivity index (χ1) is 11.3. The largest absolute Gasteiger partial charge is 0.485 e. The van der Waals surface area contributed by atoms with E-state index >= 15 is 0 Å². The monoisotopic (exact) mass is 395 g/mol. The molecular formula is C14H10BrN3O6. The molecule has 0 saturated carbocycles. The minimum Gasteiger partial charge on any atom is -0.485 e. The highest BCUT2D eigenvalue weighted by Gasteiger charge is 2.28. The number of amides is 1. The lowest BCUT2D eigenvalue weighted by Gasteiger charge is -2.09. The molecule has 0 fully saturated rings. The highest BCUT2D eigenvalue weighted by molar-refractivity contribution is 9.10. The van der Waals surface area contributed by atoms with Crippen molar-refractivity contribution in [2.45, 2.75) is 0 Å². The summed E-state index contributed by atoms with van der Waals surface area (Å²) in [5.74, 6) is -1.06. The maximum atomic E-state index is 12.2. The number of hydrogen-bond acceptors (Lipinski definition) is 6. The number of halogens is 1. The summed E-state index contributed by atoms with van der Waals surface area (Å²) < 4.78 is 5.27. The molecule has 0 saturated heterocycles. The van der Waals surface area contributed by atoms with Crippen molar-refractivity contribution in [1.82, 2.24) is 0 Å². The third-order valence-corrected chi connectivity index (χ3v) is 3.72. The molecule has 9 nitrogen and oxygen atoms in total. The lowest BCUT2D eigenvalue weighted by atomic mass is 10.2. The molecule has 2 aromatic rings. The van der Waals surface area contributed by atoms with Crippen molar-refractivity contribution in [3.05, 3.63) is 66.7 Å². The average molecular weight is 396 g/mol. The molecular weight excluding hydrogens is 386 g/mol. The fourth-order valence-corrected chi connectivity index (χ4v) is 2.46. The number of nitro groups is 2. The number of nitrogens with zero attached hydrogens (tertiary/aromatic N) is 2. The van der Waals surface area contributed by atoms with Crippen molar-refractivity contribution in [3.8, 4) is 5.75 Å². The molecule has 0 atom stereocenters. The van der Waals surface area contributed by atoms with Gasteiger partial charge in [-0.15, -0.1) is 0 Å². The Kier molecular flexibility index (Phi) is 5.09. The number of carbonyl (C=O) groups excluding carboxylic acids is 1. The first-order valence-electron chi connectivity index (χ1n) is 6.42. The van der Waals surface area contributed by atoms with Gasteiger partial charge in [0.15, 0.2) is 0 Å². The van der Waals surface area contributed by atoms with E-state index in [0.29, 0.717) is 4.47 Å². The molecule has 1 amide bonds. The minimum absolute atomic E-state index is 0.0880. The summed E-state index contributed by atoms with van der Waals surface area (Å²) in [4.78, 5) is 32.8. The molecule has 0 radical (unpaired) electrons. The van der Waals surface area contributed by atoms with Crippen LogP contribution in [0.3, 0.4) is 0 Å². The van der Waals surface area contributed by atoms with Crippen molar-refractivity contribution in [2.24, 2.45) is 0 Å². The molecule has 124 valence electrons. The zero-order valence-corrected chi connectivity index (χ0v) is 13.8. The molecule has 0 aliphatic carbocycles. The Morgan fingerprint density at radius 1 is 1.12 bits per heavy atom. The first-order valence-corrected chi connectivity index (χ1v) is 7.21. The van der Waals surface area contributed by atoms with Gasteiger partial charge >= 0.3 is 11.4 Å². The molecule has 0 aliphatic rings. The van der Waals surface area contributed by atoms with E-state index in [-0.39, 0.29) is 11.3 Å². The van der Waals surface area contributed by atoms with E-state index < -0.39 is 32.9 Å². The smallest absolute Gasteiger partial charge is 0.320 e. The normalized spacial score (nSPS) is 10.1. The second-order valence-electron chi connectivity index (χ2n) is 4.50.